The van der Waals surface area contributed by atoms with Gasteiger partial charge >= 0.3 is 0 Å². The molecular formula is C20H17FIN3O. The van der Waals surface area contributed by atoms with Gasteiger partial charge in [0.05, 0.1) is 6.21 Å². The van der Waals surface area contributed by atoms with Gasteiger partial charge in [0.2, 0.25) is 0 Å². The molecule has 0 saturated carbocycles. The van der Waals surface area contributed by atoms with Crippen LogP contribution in [0.2, 0.25) is 0 Å². The Balaban J connectivity index is 1.78. The van der Waals surface area contributed by atoms with Gasteiger partial charge in [-0.3, -0.25) is 4.79 Å². The van der Waals surface area contributed by atoms with Crippen LogP contribution in [-0.4, -0.2) is 16.7 Å². The first-order chi connectivity index (χ1) is 12.5. The second-order valence-electron chi connectivity index (χ2n) is 5.85. The second kappa shape index (κ2) is 7.82. The van der Waals surface area contributed by atoms with E-state index in [9.17, 15) is 9.18 Å². The molecule has 0 spiro atoms. The van der Waals surface area contributed by atoms with E-state index >= 15 is 0 Å². The Hall–Kier alpha value is -2.48. The summed E-state index contributed by atoms with van der Waals surface area (Å²) in [6, 6.07) is 15.7. The molecule has 6 heteroatoms. The molecule has 0 aliphatic rings. The van der Waals surface area contributed by atoms with E-state index < -0.39 is 11.7 Å². The van der Waals surface area contributed by atoms with Crippen molar-refractivity contribution in [3.05, 3.63) is 86.5 Å². The van der Waals surface area contributed by atoms with E-state index in [1.807, 2.05) is 19.9 Å². The number of aromatic nitrogens is 1. The summed E-state index contributed by atoms with van der Waals surface area (Å²) in [4.78, 5) is 12.0. The summed E-state index contributed by atoms with van der Waals surface area (Å²) in [6.45, 7) is 4.02. The van der Waals surface area contributed by atoms with Gasteiger partial charge in [-0.25, -0.2) is 9.82 Å². The minimum Gasteiger partial charge on any atom is -0.318 e. The van der Waals surface area contributed by atoms with Crippen molar-refractivity contribution < 1.29 is 9.18 Å². The van der Waals surface area contributed by atoms with Crippen LogP contribution in [0, 0.1) is 23.2 Å². The van der Waals surface area contributed by atoms with Crippen LogP contribution in [0.4, 0.5) is 4.39 Å². The lowest BCUT2D eigenvalue weighted by molar-refractivity contribution is 0.0954. The zero-order valence-corrected chi connectivity index (χ0v) is 16.5. The van der Waals surface area contributed by atoms with Gasteiger partial charge < -0.3 is 4.57 Å². The average Bonchev–Trinajstić information content (AvgIpc) is 2.89. The Morgan fingerprint density at radius 2 is 1.88 bits per heavy atom. The summed E-state index contributed by atoms with van der Waals surface area (Å²) < 4.78 is 16.5. The molecule has 132 valence electrons. The standard InChI is InChI=1S/C20H17FIN3O/c1-13-10-16(14(2)25(13)19-8-6-18(22)7-9-19)12-23-24-20(26)15-4-3-5-17(21)11-15/h3-12H,1-2H3,(H,24,26)/b23-12-. The van der Waals surface area contributed by atoms with Crippen LogP contribution in [0.3, 0.4) is 0 Å². The van der Waals surface area contributed by atoms with E-state index in [-0.39, 0.29) is 5.56 Å². The lowest BCUT2D eigenvalue weighted by Gasteiger charge is -2.09. The Labute approximate surface area is 164 Å². The van der Waals surface area contributed by atoms with Gasteiger partial charge in [-0.2, -0.15) is 5.10 Å². The highest BCUT2D eigenvalue weighted by Crippen LogP contribution is 2.20. The molecule has 0 radical (unpaired) electrons. The van der Waals surface area contributed by atoms with Crippen molar-refractivity contribution in [2.75, 3.05) is 0 Å². The van der Waals surface area contributed by atoms with Crippen LogP contribution >= 0.6 is 22.6 Å². The number of hydrogen-bond acceptors (Lipinski definition) is 2. The first kappa shape index (κ1) is 18.3. The van der Waals surface area contributed by atoms with Crippen LogP contribution in [-0.2, 0) is 0 Å². The Morgan fingerprint density at radius 1 is 1.15 bits per heavy atom. The van der Waals surface area contributed by atoms with Crippen molar-refractivity contribution >= 4 is 34.7 Å². The average molecular weight is 461 g/mol. The SMILES string of the molecule is Cc1cc(/C=N\NC(=O)c2cccc(F)c2)c(C)n1-c1ccc(I)cc1. The molecule has 2 aromatic carbocycles. The van der Waals surface area contributed by atoms with E-state index in [1.54, 1.807) is 6.21 Å². The molecule has 3 aromatic rings. The van der Waals surface area contributed by atoms with Crippen molar-refractivity contribution in [3.63, 3.8) is 0 Å². The number of aryl methyl sites for hydroxylation is 1. The van der Waals surface area contributed by atoms with Gasteiger partial charge in [0, 0.05) is 31.8 Å². The summed E-state index contributed by atoms with van der Waals surface area (Å²) in [6.07, 6.45) is 1.60. The number of carbonyl (C=O) groups excluding carboxylic acids is 1. The number of benzene rings is 2. The maximum atomic E-state index is 13.2. The minimum absolute atomic E-state index is 0.228. The first-order valence-corrected chi connectivity index (χ1v) is 9.07. The van der Waals surface area contributed by atoms with E-state index in [0.717, 1.165) is 22.6 Å². The molecule has 0 bridgehead atoms. The van der Waals surface area contributed by atoms with E-state index in [1.165, 1.54) is 27.8 Å². The van der Waals surface area contributed by atoms with Gasteiger partial charge in [-0.05, 0) is 85.0 Å². The maximum absolute atomic E-state index is 13.2. The summed E-state index contributed by atoms with van der Waals surface area (Å²) >= 11 is 2.28. The van der Waals surface area contributed by atoms with E-state index in [0.29, 0.717) is 0 Å². The number of nitrogens with one attached hydrogen (secondary N) is 1. The first-order valence-electron chi connectivity index (χ1n) is 7.99. The van der Waals surface area contributed by atoms with Crippen molar-refractivity contribution in [2.45, 2.75) is 13.8 Å². The zero-order valence-electron chi connectivity index (χ0n) is 14.3. The van der Waals surface area contributed by atoms with Gasteiger partial charge in [0.25, 0.3) is 5.91 Å². The number of halogens is 2. The van der Waals surface area contributed by atoms with Crippen LogP contribution in [0.5, 0.6) is 0 Å². The maximum Gasteiger partial charge on any atom is 0.271 e. The van der Waals surface area contributed by atoms with Gasteiger partial charge in [-0.15, -0.1) is 0 Å². The topological polar surface area (TPSA) is 46.4 Å². The molecule has 1 amide bonds. The fraction of sp³-hybridized carbons (Fsp3) is 0.100. The fourth-order valence-corrected chi connectivity index (χ4v) is 3.12. The van der Waals surface area contributed by atoms with E-state index in [4.69, 9.17) is 0 Å². The molecule has 0 aliphatic carbocycles. The molecule has 0 atom stereocenters. The number of carbonyl (C=O) groups is 1. The van der Waals surface area contributed by atoms with Crippen molar-refractivity contribution in [1.29, 1.82) is 0 Å². The van der Waals surface area contributed by atoms with Crippen LogP contribution in [0.1, 0.15) is 27.3 Å². The third-order valence-corrected chi connectivity index (χ3v) is 4.73. The highest BCUT2D eigenvalue weighted by Gasteiger charge is 2.10. The normalized spacial score (nSPS) is 11.1. The molecular weight excluding hydrogens is 444 g/mol. The summed E-state index contributed by atoms with van der Waals surface area (Å²) in [5, 5.41) is 4.01. The predicted octanol–water partition coefficient (Wildman–Crippen LogP) is 4.60. The van der Waals surface area contributed by atoms with Crippen molar-refractivity contribution in [1.82, 2.24) is 9.99 Å². The molecule has 1 heterocycles. The number of amides is 1. The highest BCUT2D eigenvalue weighted by atomic mass is 127. The Bertz CT molecular complexity index is 977. The fourth-order valence-electron chi connectivity index (χ4n) is 2.76. The lowest BCUT2D eigenvalue weighted by atomic mass is 10.2. The molecule has 1 N–H and O–H groups in total. The second-order valence-corrected chi connectivity index (χ2v) is 7.09. The van der Waals surface area contributed by atoms with Crippen LogP contribution in [0.15, 0.2) is 59.7 Å². The molecule has 0 unspecified atom stereocenters. The monoisotopic (exact) mass is 461 g/mol. The largest absolute Gasteiger partial charge is 0.318 e. The molecule has 0 aliphatic heterocycles. The molecule has 0 saturated heterocycles. The summed E-state index contributed by atoms with van der Waals surface area (Å²) in [5.74, 6) is -0.908. The number of hydrogen-bond donors (Lipinski definition) is 1. The summed E-state index contributed by atoms with van der Waals surface area (Å²) in [5.41, 5.74) is 6.73. The third kappa shape index (κ3) is 4.01. The predicted molar refractivity (Wildman–Crippen MR) is 109 cm³/mol. The number of rotatable bonds is 4. The van der Waals surface area contributed by atoms with Gasteiger partial charge in [0.15, 0.2) is 0 Å². The third-order valence-electron chi connectivity index (χ3n) is 4.01. The van der Waals surface area contributed by atoms with Crippen molar-refractivity contribution in [2.24, 2.45) is 5.10 Å². The molecule has 1 aromatic heterocycles. The molecule has 26 heavy (non-hydrogen) atoms. The Kier molecular flexibility index (Phi) is 5.51. The number of hydrazone groups is 1. The minimum atomic E-state index is -0.456. The highest BCUT2D eigenvalue weighted by molar-refractivity contribution is 14.1. The summed E-state index contributed by atoms with van der Waals surface area (Å²) in [7, 11) is 0. The molecule has 0 fully saturated rings. The van der Waals surface area contributed by atoms with Gasteiger partial charge in [-0.1, -0.05) is 6.07 Å². The van der Waals surface area contributed by atoms with Crippen LogP contribution in [0.25, 0.3) is 5.69 Å². The quantitative estimate of drug-likeness (QED) is 0.345. The molecule has 4 nitrogen and oxygen atoms in total. The Morgan fingerprint density at radius 3 is 2.58 bits per heavy atom. The zero-order chi connectivity index (χ0) is 18.7. The lowest BCUT2D eigenvalue weighted by Crippen LogP contribution is -2.17. The van der Waals surface area contributed by atoms with Crippen LogP contribution < -0.4 is 5.43 Å². The van der Waals surface area contributed by atoms with E-state index in [2.05, 4.69) is 62.0 Å². The van der Waals surface area contributed by atoms with Gasteiger partial charge in [0.1, 0.15) is 5.82 Å². The number of nitrogens with zero attached hydrogens (tertiary/aromatic N) is 2. The molecule has 3 rings (SSSR count). The van der Waals surface area contributed by atoms with Crippen molar-refractivity contribution in [3.8, 4) is 5.69 Å². The smallest absolute Gasteiger partial charge is 0.271 e.